The van der Waals surface area contributed by atoms with Gasteiger partial charge < -0.3 is 4.57 Å². The van der Waals surface area contributed by atoms with Gasteiger partial charge in [0.1, 0.15) is 0 Å². The summed E-state index contributed by atoms with van der Waals surface area (Å²) in [4.78, 5) is 29.3. The SMILES string of the molecule is C/C=C\c1c(C)n(-c2cccc3c2C(=O)N(c2cccc(-c4ccccc4)c2)C3=O)c2ccc(-c3cc(C#N)cc(C#N)c3)cc12. The molecule has 1 aliphatic heterocycles. The molecule has 1 aromatic heterocycles. The molecule has 0 atom stereocenters. The maximum Gasteiger partial charge on any atom is 0.268 e. The van der Waals surface area contributed by atoms with Crippen LogP contribution in [0.1, 0.15) is 50.0 Å². The van der Waals surface area contributed by atoms with Gasteiger partial charge in [-0.25, -0.2) is 4.90 Å². The van der Waals surface area contributed by atoms with Crippen LogP contribution in [0.25, 0.3) is 44.9 Å². The first kappa shape index (κ1) is 28.3. The maximum absolute atomic E-state index is 14.2. The molecule has 5 aromatic carbocycles. The summed E-state index contributed by atoms with van der Waals surface area (Å²) < 4.78 is 2.04. The molecule has 0 saturated carbocycles. The molecule has 0 N–H and O–H groups in total. The number of nitrogens with zero attached hydrogens (tertiary/aromatic N) is 4. The fourth-order valence-corrected chi connectivity index (χ4v) is 6.38. The molecular formula is C40H26N4O2. The van der Waals surface area contributed by atoms with Crippen LogP contribution in [0.4, 0.5) is 5.69 Å². The van der Waals surface area contributed by atoms with Gasteiger partial charge >= 0.3 is 0 Å². The second kappa shape index (κ2) is 11.2. The molecule has 2 heterocycles. The minimum absolute atomic E-state index is 0.356. The molecule has 46 heavy (non-hydrogen) atoms. The monoisotopic (exact) mass is 594 g/mol. The molecule has 6 aromatic rings. The number of carbonyl (C=O) groups is 2. The van der Waals surface area contributed by atoms with Crippen LogP contribution in [0.5, 0.6) is 0 Å². The zero-order valence-corrected chi connectivity index (χ0v) is 25.2. The van der Waals surface area contributed by atoms with Crippen LogP contribution in [0.2, 0.25) is 0 Å². The molecule has 6 heteroatoms. The van der Waals surface area contributed by atoms with Crippen molar-refractivity contribution in [3.63, 3.8) is 0 Å². The number of imide groups is 1. The summed E-state index contributed by atoms with van der Waals surface area (Å²) in [5.74, 6) is -0.730. The first-order valence-electron chi connectivity index (χ1n) is 14.8. The van der Waals surface area contributed by atoms with Gasteiger partial charge in [0.25, 0.3) is 11.8 Å². The van der Waals surface area contributed by atoms with E-state index in [1.807, 2.05) is 109 Å². The Kier molecular flexibility index (Phi) is 6.89. The van der Waals surface area contributed by atoms with Crippen molar-refractivity contribution < 1.29 is 9.59 Å². The van der Waals surface area contributed by atoms with Gasteiger partial charge in [0, 0.05) is 16.6 Å². The first-order chi connectivity index (χ1) is 22.4. The van der Waals surface area contributed by atoms with Crippen LogP contribution >= 0.6 is 0 Å². The Hall–Kier alpha value is -6.50. The second-order valence-corrected chi connectivity index (χ2v) is 11.2. The summed E-state index contributed by atoms with van der Waals surface area (Å²) >= 11 is 0. The normalized spacial score (nSPS) is 12.5. The number of fused-ring (bicyclic) bond motifs is 2. The summed E-state index contributed by atoms with van der Waals surface area (Å²) in [5.41, 5.74) is 8.97. The molecule has 0 saturated heterocycles. The molecule has 0 fully saturated rings. The maximum atomic E-state index is 14.2. The minimum Gasteiger partial charge on any atom is -0.312 e. The summed E-state index contributed by atoms with van der Waals surface area (Å²) in [5, 5.41) is 20.0. The number of aromatic nitrogens is 1. The predicted molar refractivity (Wildman–Crippen MR) is 181 cm³/mol. The van der Waals surface area contributed by atoms with E-state index in [-0.39, 0.29) is 11.8 Å². The lowest BCUT2D eigenvalue weighted by molar-refractivity contribution is 0.0926. The smallest absolute Gasteiger partial charge is 0.268 e. The van der Waals surface area contributed by atoms with E-state index in [9.17, 15) is 20.1 Å². The number of hydrogen-bond acceptors (Lipinski definition) is 4. The Morgan fingerprint density at radius 1 is 0.674 bits per heavy atom. The minimum atomic E-state index is -0.372. The molecule has 218 valence electrons. The molecule has 0 unspecified atom stereocenters. The molecule has 6 nitrogen and oxygen atoms in total. The van der Waals surface area contributed by atoms with E-state index in [0.29, 0.717) is 33.6 Å². The number of allylic oxidation sites excluding steroid dienone is 1. The van der Waals surface area contributed by atoms with Crippen molar-refractivity contribution in [3.05, 3.63) is 149 Å². The average molecular weight is 595 g/mol. The van der Waals surface area contributed by atoms with Crippen molar-refractivity contribution in [1.29, 1.82) is 10.5 Å². The van der Waals surface area contributed by atoms with Crippen LogP contribution in [0.15, 0.2) is 115 Å². The third-order valence-electron chi connectivity index (χ3n) is 8.46. The second-order valence-electron chi connectivity index (χ2n) is 11.2. The number of rotatable bonds is 5. The predicted octanol–water partition coefficient (Wildman–Crippen LogP) is 8.85. The van der Waals surface area contributed by atoms with Gasteiger partial charge in [0.05, 0.1) is 51.3 Å². The number of nitriles is 2. The number of benzene rings is 5. The fraction of sp³-hybridized carbons (Fsp3) is 0.0500. The molecule has 0 spiro atoms. The van der Waals surface area contributed by atoms with E-state index in [0.717, 1.165) is 44.4 Å². The highest BCUT2D eigenvalue weighted by atomic mass is 16.2. The molecule has 0 aliphatic carbocycles. The van der Waals surface area contributed by atoms with E-state index in [1.54, 1.807) is 30.3 Å². The Morgan fingerprint density at radius 2 is 1.37 bits per heavy atom. The Labute approximate surface area is 266 Å². The Morgan fingerprint density at radius 3 is 2.09 bits per heavy atom. The van der Waals surface area contributed by atoms with Crippen LogP contribution in [0, 0.1) is 29.6 Å². The molecule has 7 rings (SSSR count). The standard InChI is InChI=1S/C40H26N4O2/c1-3-9-33-25(2)43(36-17-16-30(22-35(33)36)31-19-26(23-41)18-27(20-31)24-42)37-15-8-14-34-38(37)40(46)44(39(34)45)32-13-7-12-29(21-32)28-10-5-4-6-11-28/h3-22H,1-2H3/b9-3-. The molecule has 0 bridgehead atoms. The highest BCUT2D eigenvalue weighted by Crippen LogP contribution is 2.39. The van der Waals surface area contributed by atoms with Crippen molar-refractivity contribution in [3.8, 4) is 40.1 Å². The van der Waals surface area contributed by atoms with Gasteiger partial charge in [-0.1, -0.05) is 66.7 Å². The van der Waals surface area contributed by atoms with Crippen LogP contribution in [-0.2, 0) is 0 Å². The van der Waals surface area contributed by atoms with Crippen molar-refractivity contribution >= 4 is 34.5 Å². The molecule has 1 aliphatic rings. The Bertz CT molecular complexity index is 2320. The first-order valence-corrected chi connectivity index (χ1v) is 14.8. The van der Waals surface area contributed by atoms with E-state index >= 15 is 0 Å². The highest BCUT2D eigenvalue weighted by Gasteiger charge is 2.39. The number of anilines is 1. The summed E-state index contributed by atoms with van der Waals surface area (Å²) in [7, 11) is 0. The van der Waals surface area contributed by atoms with E-state index in [4.69, 9.17) is 0 Å². The van der Waals surface area contributed by atoms with Gasteiger partial charge in [-0.15, -0.1) is 0 Å². The van der Waals surface area contributed by atoms with Crippen molar-refractivity contribution in [2.45, 2.75) is 13.8 Å². The topological polar surface area (TPSA) is 89.9 Å². The quantitative estimate of drug-likeness (QED) is 0.187. The zero-order valence-electron chi connectivity index (χ0n) is 25.2. The third kappa shape index (κ3) is 4.49. The van der Waals surface area contributed by atoms with Gasteiger partial charge in [0.15, 0.2) is 0 Å². The van der Waals surface area contributed by atoms with Crippen molar-refractivity contribution in [2.24, 2.45) is 0 Å². The lowest BCUT2D eigenvalue weighted by atomic mass is 9.98. The summed E-state index contributed by atoms with van der Waals surface area (Å²) in [6, 6.07) is 38.1. The fourth-order valence-electron chi connectivity index (χ4n) is 6.38. The summed E-state index contributed by atoms with van der Waals surface area (Å²) in [6.45, 7) is 3.95. The largest absolute Gasteiger partial charge is 0.312 e. The molecule has 2 amide bonds. The highest BCUT2D eigenvalue weighted by molar-refractivity contribution is 6.35. The van der Waals surface area contributed by atoms with Crippen LogP contribution in [0.3, 0.4) is 0 Å². The molecule has 0 radical (unpaired) electrons. The van der Waals surface area contributed by atoms with Crippen LogP contribution in [-0.4, -0.2) is 16.4 Å². The average Bonchev–Trinajstić information content (AvgIpc) is 3.53. The van der Waals surface area contributed by atoms with Gasteiger partial charge in [-0.2, -0.15) is 10.5 Å². The molecular weight excluding hydrogens is 568 g/mol. The third-order valence-corrected chi connectivity index (χ3v) is 8.46. The zero-order chi connectivity index (χ0) is 31.9. The van der Waals surface area contributed by atoms with Gasteiger partial charge in [0.2, 0.25) is 0 Å². The van der Waals surface area contributed by atoms with Gasteiger partial charge in [-0.3, -0.25) is 9.59 Å². The number of carbonyl (C=O) groups excluding carboxylic acids is 2. The van der Waals surface area contributed by atoms with Crippen molar-refractivity contribution in [2.75, 3.05) is 4.90 Å². The number of hydrogen-bond donors (Lipinski definition) is 0. The van der Waals surface area contributed by atoms with Crippen molar-refractivity contribution in [1.82, 2.24) is 4.57 Å². The van der Waals surface area contributed by atoms with E-state index in [2.05, 4.69) is 12.1 Å². The lowest BCUT2D eigenvalue weighted by Crippen LogP contribution is -2.29. The van der Waals surface area contributed by atoms with Gasteiger partial charge in [-0.05, 0) is 90.7 Å². The summed E-state index contributed by atoms with van der Waals surface area (Å²) in [6.07, 6.45) is 4.00. The Balaban J connectivity index is 1.38. The number of amides is 2. The van der Waals surface area contributed by atoms with Crippen LogP contribution < -0.4 is 4.90 Å². The lowest BCUT2D eigenvalue weighted by Gasteiger charge is -2.16. The van der Waals surface area contributed by atoms with E-state index in [1.165, 1.54) is 4.90 Å². The van der Waals surface area contributed by atoms with E-state index < -0.39 is 0 Å².